The first kappa shape index (κ1) is 14.8. The van der Waals surface area contributed by atoms with E-state index in [0.29, 0.717) is 23.2 Å². The van der Waals surface area contributed by atoms with Crippen molar-refractivity contribution in [3.63, 3.8) is 0 Å². The van der Waals surface area contributed by atoms with E-state index in [1.807, 2.05) is 10.9 Å². The number of methoxy groups -OCH3 is 1. The maximum Gasteiger partial charge on any atom is 0.340 e. The summed E-state index contributed by atoms with van der Waals surface area (Å²) in [6.45, 7) is 0.271. The fourth-order valence-electron chi connectivity index (χ4n) is 3.17. The lowest BCUT2D eigenvalue weighted by Crippen LogP contribution is -2.20. The molecular formula is C16H21N3O3. The highest BCUT2D eigenvalue weighted by Crippen LogP contribution is 2.33. The number of hydrogen-bond donors (Lipinski definition) is 2. The molecule has 0 spiro atoms. The lowest BCUT2D eigenvalue weighted by molar-refractivity contribution is 0.0602. The number of aliphatic hydroxyl groups excluding tert-OH is 1. The van der Waals surface area contributed by atoms with Crippen molar-refractivity contribution >= 4 is 22.6 Å². The van der Waals surface area contributed by atoms with Gasteiger partial charge in [0.25, 0.3) is 0 Å². The highest BCUT2D eigenvalue weighted by Gasteiger charge is 2.23. The molecule has 0 amide bonds. The van der Waals surface area contributed by atoms with Gasteiger partial charge in [0.2, 0.25) is 0 Å². The Morgan fingerprint density at radius 2 is 2.14 bits per heavy atom. The third kappa shape index (κ3) is 2.66. The number of anilines is 1. The monoisotopic (exact) mass is 303 g/mol. The first-order valence-corrected chi connectivity index (χ1v) is 7.60. The average Bonchev–Trinajstić information content (AvgIpc) is 2.96. The summed E-state index contributed by atoms with van der Waals surface area (Å²) in [7, 11) is 1.34. The van der Waals surface area contributed by atoms with Crippen LogP contribution in [0.25, 0.3) is 10.9 Å². The van der Waals surface area contributed by atoms with Crippen molar-refractivity contribution in [3.8, 4) is 0 Å². The molecule has 6 heteroatoms. The smallest absolute Gasteiger partial charge is 0.340 e. The molecule has 1 aromatic heterocycles. The molecule has 1 saturated carbocycles. The number of aromatic nitrogens is 2. The van der Waals surface area contributed by atoms with E-state index in [1.54, 1.807) is 12.1 Å². The molecule has 1 heterocycles. The number of hydrogen-bond acceptors (Lipinski definition) is 5. The minimum absolute atomic E-state index is 0.271. The summed E-state index contributed by atoms with van der Waals surface area (Å²) < 4.78 is 6.71. The summed E-state index contributed by atoms with van der Waals surface area (Å²) >= 11 is 0. The number of nitrogens with zero attached hydrogens (tertiary/aromatic N) is 2. The fraction of sp³-hybridized carbons (Fsp3) is 0.500. The Morgan fingerprint density at radius 1 is 1.41 bits per heavy atom. The molecule has 6 nitrogen and oxygen atoms in total. The van der Waals surface area contributed by atoms with Crippen LogP contribution >= 0.6 is 0 Å². The number of aliphatic hydroxyl groups is 1. The van der Waals surface area contributed by atoms with E-state index >= 15 is 0 Å². The van der Waals surface area contributed by atoms with Gasteiger partial charge in [-0.25, -0.2) is 4.79 Å². The molecule has 0 saturated heterocycles. The maximum atomic E-state index is 11.7. The van der Waals surface area contributed by atoms with Crippen LogP contribution in [0.1, 0.15) is 42.1 Å². The standard InChI is InChI=1S/C16H21N3O3/c1-22-16(21)13-7-15-11(6-14(13)17)8-19(18-15)12-4-2-10(9-20)3-5-12/h6-8,10,12,20H,2-5,9,17H2,1H3. The Kier molecular flexibility index (Phi) is 4.02. The van der Waals surface area contributed by atoms with Gasteiger partial charge >= 0.3 is 5.97 Å². The van der Waals surface area contributed by atoms with E-state index in [0.717, 1.165) is 36.6 Å². The predicted molar refractivity (Wildman–Crippen MR) is 83.6 cm³/mol. The summed E-state index contributed by atoms with van der Waals surface area (Å²) in [5, 5.41) is 14.7. The number of esters is 1. The highest BCUT2D eigenvalue weighted by molar-refractivity contribution is 6.00. The van der Waals surface area contributed by atoms with E-state index in [9.17, 15) is 9.90 Å². The molecule has 0 atom stereocenters. The maximum absolute atomic E-state index is 11.7. The summed E-state index contributed by atoms with van der Waals surface area (Å²) in [5.74, 6) is -0.0276. The van der Waals surface area contributed by atoms with Gasteiger partial charge in [-0.2, -0.15) is 5.10 Å². The van der Waals surface area contributed by atoms with Gasteiger partial charge in [0, 0.05) is 23.9 Å². The van der Waals surface area contributed by atoms with Gasteiger partial charge in [-0.1, -0.05) is 0 Å². The van der Waals surface area contributed by atoms with Crippen molar-refractivity contribution in [1.29, 1.82) is 0 Å². The Hall–Kier alpha value is -2.08. The van der Waals surface area contributed by atoms with Crippen molar-refractivity contribution in [1.82, 2.24) is 9.78 Å². The second-order valence-corrected chi connectivity index (χ2v) is 5.96. The second-order valence-electron chi connectivity index (χ2n) is 5.96. The zero-order valence-corrected chi connectivity index (χ0v) is 12.7. The number of benzene rings is 1. The van der Waals surface area contributed by atoms with Gasteiger partial charge in [0.1, 0.15) is 0 Å². The van der Waals surface area contributed by atoms with Crippen LogP contribution in [0, 0.1) is 5.92 Å². The SMILES string of the molecule is COC(=O)c1cc2nn(C3CCC(CO)CC3)cc2cc1N. The van der Waals surface area contributed by atoms with E-state index < -0.39 is 5.97 Å². The Balaban J connectivity index is 1.88. The molecule has 0 bridgehead atoms. The summed E-state index contributed by atoms with van der Waals surface area (Å²) in [5.41, 5.74) is 7.43. The van der Waals surface area contributed by atoms with E-state index in [2.05, 4.69) is 5.10 Å². The van der Waals surface area contributed by atoms with Crippen molar-refractivity contribution in [2.75, 3.05) is 19.5 Å². The van der Waals surface area contributed by atoms with Gasteiger partial charge in [-0.05, 0) is 43.7 Å². The molecule has 1 aromatic carbocycles. The summed E-state index contributed by atoms with van der Waals surface area (Å²) in [4.78, 5) is 11.7. The molecule has 1 aliphatic rings. The number of rotatable bonds is 3. The summed E-state index contributed by atoms with van der Waals surface area (Å²) in [6.07, 6.45) is 6.05. The zero-order valence-electron chi connectivity index (χ0n) is 12.7. The van der Waals surface area contributed by atoms with Crippen molar-refractivity contribution in [2.24, 2.45) is 5.92 Å². The van der Waals surface area contributed by atoms with Crippen LogP contribution < -0.4 is 5.73 Å². The third-order valence-electron chi connectivity index (χ3n) is 4.55. The molecule has 0 aliphatic heterocycles. The Morgan fingerprint density at radius 3 is 2.77 bits per heavy atom. The molecule has 0 radical (unpaired) electrons. The number of ether oxygens (including phenoxy) is 1. The highest BCUT2D eigenvalue weighted by atomic mass is 16.5. The van der Waals surface area contributed by atoms with Crippen molar-refractivity contribution in [3.05, 3.63) is 23.9 Å². The number of carbonyl (C=O) groups is 1. The quantitative estimate of drug-likeness (QED) is 0.669. The van der Waals surface area contributed by atoms with E-state index in [1.165, 1.54) is 7.11 Å². The van der Waals surface area contributed by atoms with Crippen LogP contribution in [0.15, 0.2) is 18.3 Å². The first-order valence-electron chi connectivity index (χ1n) is 7.60. The average molecular weight is 303 g/mol. The lowest BCUT2D eigenvalue weighted by atomic mass is 9.87. The number of fused-ring (bicyclic) bond motifs is 1. The Bertz CT molecular complexity index is 687. The molecular weight excluding hydrogens is 282 g/mol. The van der Waals surface area contributed by atoms with Crippen molar-refractivity contribution < 1.29 is 14.6 Å². The zero-order chi connectivity index (χ0) is 15.7. The minimum Gasteiger partial charge on any atom is -0.465 e. The number of carbonyl (C=O) groups excluding carboxylic acids is 1. The summed E-state index contributed by atoms with van der Waals surface area (Å²) in [6, 6.07) is 3.80. The van der Waals surface area contributed by atoms with Crippen LogP contribution in [0.4, 0.5) is 5.69 Å². The third-order valence-corrected chi connectivity index (χ3v) is 4.55. The normalized spacial score (nSPS) is 21.9. The molecule has 0 unspecified atom stereocenters. The van der Waals surface area contributed by atoms with Gasteiger partial charge in [0.15, 0.2) is 0 Å². The molecule has 118 valence electrons. The number of nitrogens with two attached hydrogens (primary N) is 1. The molecule has 22 heavy (non-hydrogen) atoms. The van der Waals surface area contributed by atoms with Crippen molar-refractivity contribution in [2.45, 2.75) is 31.7 Å². The molecule has 1 fully saturated rings. The topological polar surface area (TPSA) is 90.4 Å². The van der Waals surface area contributed by atoms with Gasteiger partial charge < -0.3 is 15.6 Å². The second kappa shape index (κ2) is 5.96. The van der Waals surface area contributed by atoms with E-state index in [-0.39, 0.29) is 6.61 Å². The lowest BCUT2D eigenvalue weighted by Gasteiger charge is -2.27. The molecule has 3 rings (SSSR count). The first-order chi connectivity index (χ1) is 10.6. The number of nitrogen functional groups attached to an aromatic ring is 1. The van der Waals surface area contributed by atoms with Crippen LogP contribution in [-0.4, -0.2) is 34.6 Å². The largest absolute Gasteiger partial charge is 0.465 e. The van der Waals surface area contributed by atoms with Gasteiger partial charge in [-0.3, -0.25) is 4.68 Å². The minimum atomic E-state index is -0.447. The predicted octanol–water partition coefficient (Wildman–Crippen LogP) is 2.13. The fourth-order valence-corrected chi connectivity index (χ4v) is 3.17. The Labute approximate surface area is 128 Å². The van der Waals surface area contributed by atoms with Crippen LogP contribution in [0.3, 0.4) is 0 Å². The van der Waals surface area contributed by atoms with Gasteiger partial charge in [-0.15, -0.1) is 0 Å². The van der Waals surface area contributed by atoms with Crippen LogP contribution in [0.2, 0.25) is 0 Å². The van der Waals surface area contributed by atoms with E-state index in [4.69, 9.17) is 10.5 Å². The van der Waals surface area contributed by atoms with Crippen LogP contribution in [-0.2, 0) is 4.74 Å². The molecule has 3 N–H and O–H groups in total. The molecule has 2 aromatic rings. The van der Waals surface area contributed by atoms with Gasteiger partial charge in [0.05, 0.1) is 24.2 Å². The van der Waals surface area contributed by atoms with Crippen LogP contribution in [0.5, 0.6) is 0 Å². The molecule has 1 aliphatic carbocycles.